The summed E-state index contributed by atoms with van der Waals surface area (Å²) in [6.45, 7) is 1.97. The monoisotopic (exact) mass is 572 g/mol. The Balaban J connectivity index is 1.35. The van der Waals surface area contributed by atoms with Gasteiger partial charge in [-0.2, -0.15) is 4.72 Å². The van der Waals surface area contributed by atoms with Crippen LogP contribution in [0.5, 0.6) is 0 Å². The highest BCUT2D eigenvalue weighted by Crippen LogP contribution is 2.38. The summed E-state index contributed by atoms with van der Waals surface area (Å²) in [5, 5.41) is 7.77. The number of hydrogen-bond donors (Lipinski definition) is 3. The largest absolute Gasteiger partial charge is 0.361 e. The fourth-order valence-corrected chi connectivity index (χ4v) is 7.52. The molecule has 6 rings (SSSR count). The van der Waals surface area contributed by atoms with Crippen LogP contribution in [0.15, 0.2) is 82.9 Å². The molecule has 1 aliphatic carbocycles. The molecule has 0 unspecified atom stereocenters. The van der Waals surface area contributed by atoms with Gasteiger partial charge < -0.3 is 14.8 Å². The molecule has 1 amide bonds. The van der Waals surface area contributed by atoms with Gasteiger partial charge in [0.05, 0.1) is 11.6 Å². The van der Waals surface area contributed by atoms with Gasteiger partial charge in [0, 0.05) is 59.6 Å². The summed E-state index contributed by atoms with van der Waals surface area (Å²) in [5.41, 5.74) is 1.09. The Labute approximate surface area is 238 Å². The van der Waals surface area contributed by atoms with E-state index in [1.165, 1.54) is 12.4 Å². The van der Waals surface area contributed by atoms with E-state index < -0.39 is 21.5 Å². The summed E-state index contributed by atoms with van der Waals surface area (Å²) in [6.07, 6.45) is 11.4. The molecule has 212 valence electrons. The lowest BCUT2D eigenvalue weighted by molar-refractivity contribution is -0.126. The lowest BCUT2D eigenvalue weighted by Crippen LogP contribution is -2.59. The Kier molecular flexibility index (Phi) is 7.08. The first kappa shape index (κ1) is 27.1. The van der Waals surface area contributed by atoms with Gasteiger partial charge in [-0.1, -0.05) is 48.7 Å². The number of rotatable bonds is 9. The number of aromatic nitrogens is 4. The summed E-state index contributed by atoms with van der Waals surface area (Å²) in [7, 11) is -4.27. The zero-order chi connectivity index (χ0) is 28.5. The average molecular weight is 573 g/mol. The second kappa shape index (κ2) is 10.7. The molecule has 0 bridgehead atoms. The molecule has 41 heavy (non-hydrogen) atoms. The molecule has 3 N–H and O–H groups in total. The molecule has 1 aliphatic rings. The summed E-state index contributed by atoms with van der Waals surface area (Å²) in [5.74, 6) is -0.426. The topological polar surface area (TPSA) is 143 Å². The van der Waals surface area contributed by atoms with Crippen molar-refractivity contribution in [2.45, 2.75) is 61.4 Å². The number of carbonyl (C=O) groups is 1. The van der Waals surface area contributed by atoms with Gasteiger partial charge >= 0.3 is 0 Å². The van der Waals surface area contributed by atoms with Crippen molar-refractivity contribution >= 4 is 37.8 Å². The Morgan fingerprint density at radius 3 is 2.63 bits per heavy atom. The second-order valence-electron chi connectivity index (χ2n) is 11.1. The summed E-state index contributed by atoms with van der Waals surface area (Å²) in [4.78, 5) is 26.1. The number of pyridine rings is 2. The van der Waals surface area contributed by atoms with Crippen molar-refractivity contribution in [3.63, 3.8) is 0 Å². The summed E-state index contributed by atoms with van der Waals surface area (Å²) < 4.78 is 35.5. The molecule has 1 saturated carbocycles. The Hall–Kier alpha value is -4.09. The van der Waals surface area contributed by atoms with E-state index in [4.69, 9.17) is 4.52 Å². The standard InChI is InChI=1S/C30H32N6O4S/c1-29(17-21-18-33-24-10-4-3-9-22(21)24,36-41(38,39)27-23-19-35-40-25(23)12-16-32-27)28(37)34-20-30(13-6-2-7-14-30)26-11-5-8-15-31-26/h3-5,8-12,15-16,18-19,33,36H,2,6-7,13-14,17,20H2,1H3,(H,34,37)/t29-/m0/s1. The van der Waals surface area contributed by atoms with Crippen molar-refractivity contribution in [3.05, 3.63) is 84.6 Å². The third-order valence-corrected chi connectivity index (χ3v) is 9.74. The van der Waals surface area contributed by atoms with Crippen molar-refractivity contribution < 1.29 is 17.7 Å². The first-order chi connectivity index (χ1) is 19.8. The van der Waals surface area contributed by atoms with Crippen LogP contribution in [0.2, 0.25) is 0 Å². The normalized spacial score (nSPS) is 16.9. The molecular weight excluding hydrogens is 540 g/mol. The van der Waals surface area contributed by atoms with Crippen LogP contribution in [-0.4, -0.2) is 46.5 Å². The van der Waals surface area contributed by atoms with Gasteiger partial charge in [0.25, 0.3) is 10.0 Å². The van der Waals surface area contributed by atoms with Gasteiger partial charge in [0.1, 0.15) is 5.54 Å². The van der Waals surface area contributed by atoms with Crippen molar-refractivity contribution in [3.8, 4) is 0 Å². The quantitative estimate of drug-likeness (QED) is 0.238. The number of sulfonamides is 1. The number of para-hydroxylation sites is 1. The molecule has 0 radical (unpaired) electrons. The van der Waals surface area contributed by atoms with E-state index in [9.17, 15) is 13.2 Å². The van der Waals surface area contributed by atoms with E-state index in [1.807, 2.05) is 48.7 Å². The maximum Gasteiger partial charge on any atom is 0.259 e. The van der Waals surface area contributed by atoms with Crippen LogP contribution in [0, 0.1) is 0 Å². The highest BCUT2D eigenvalue weighted by molar-refractivity contribution is 7.89. The summed E-state index contributed by atoms with van der Waals surface area (Å²) >= 11 is 0. The third-order valence-electron chi connectivity index (χ3n) is 8.19. The minimum atomic E-state index is -4.27. The van der Waals surface area contributed by atoms with Crippen LogP contribution in [-0.2, 0) is 26.7 Å². The molecule has 10 nitrogen and oxygen atoms in total. The Morgan fingerprint density at radius 1 is 1.02 bits per heavy atom. The van der Waals surface area contributed by atoms with Crippen LogP contribution in [0.4, 0.5) is 0 Å². The average Bonchev–Trinajstić information content (AvgIpc) is 3.64. The van der Waals surface area contributed by atoms with E-state index in [-0.39, 0.29) is 27.8 Å². The molecule has 1 aromatic carbocycles. The molecule has 0 spiro atoms. The van der Waals surface area contributed by atoms with Crippen molar-refractivity contribution in [2.24, 2.45) is 0 Å². The molecular formula is C30H32N6O4S. The van der Waals surface area contributed by atoms with Crippen molar-refractivity contribution in [2.75, 3.05) is 6.54 Å². The van der Waals surface area contributed by atoms with Crippen LogP contribution in [0.3, 0.4) is 0 Å². The van der Waals surface area contributed by atoms with E-state index in [0.29, 0.717) is 6.54 Å². The van der Waals surface area contributed by atoms with Crippen LogP contribution < -0.4 is 10.0 Å². The lowest BCUT2D eigenvalue weighted by Gasteiger charge is -2.38. The number of nitrogens with one attached hydrogen (secondary N) is 3. The highest BCUT2D eigenvalue weighted by Gasteiger charge is 2.42. The molecule has 1 atom stereocenters. The molecule has 4 heterocycles. The van der Waals surface area contributed by atoms with Crippen LogP contribution >= 0.6 is 0 Å². The third kappa shape index (κ3) is 5.22. The van der Waals surface area contributed by atoms with E-state index in [1.54, 1.807) is 19.2 Å². The predicted octanol–water partition coefficient (Wildman–Crippen LogP) is 4.40. The Morgan fingerprint density at radius 2 is 1.83 bits per heavy atom. The molecule has 5 aromatic rings. The molecule has 11 heteroatoms. The molecule has 0 aliphatic heterocycles. The zero-order valence-corrected chi connectivity index (χ0v) is 23.6. The van der Waals surface area contributed by atoms with Gasteiger partial charge in [0.2, 0.25) is 5.91 Å². The first-order valence-electron chi connectivity index (χ1n) is 13.8. The first-order valence-corrected chi connectivity index (χ1v) is 15.3. The fraction of sp³-hybridized carbons (Fsp3) is 0.333. The van der Waals surface area contributed by atoms with Crippen molar-refractivity contribution in [1.29, 1.82) is 0 Å². The van der Waals surface area contributed by atoms with Crippen molar-refractivity contribution in [1.82, 2.24) is 30.1 Å². The summed E-state index contributed by atoms with van der Waals surface area (Å²) in [6, 6.07) is 15.1. The second-order valence-corrected chi connectivity index (χ2v) is 12.7. The van der Waals surface area contributed by atoms with Gasteiger partial charge in [-0.25, -0.2) is 13.4 Å². The zero-order valence-electron chi connectivity index (χ0n) is 22.8. The number of carbonyl (C=O) groups excluding carboxylic acids is 1. The van der Waals surface area contributed by atoms with Gasteiger partial charge in [-0.3, -0.25) is 9.78 Å². The fourth-order valence-electron chi connectivity index (χ4n) is 6.03. The Bertz CT molecular complexity index is 1790. The number of fused-ring (bicyclic) bond motifs is 2. The van der Waals surface area contributed by atoms with Crippen LogP contribution in [0.1, 0.15) is 50.3 Å². The van der Waals surface area contributed by atoms with Gasteiger partial charge in [0.15, 0.2) is 10.6 Å². The predicted molar refractivity (Wildman–Crippen MR) is 155 cm³/mol. The SMILES string of the molecule is C[C@@](Cc1c[nH]c2ccccc12)(NS(=O)(=O)c1nccc2oncc12)C(=O)NCC1(c2ccccn2)CCCCC1. The number of amides is 1. The smallest absolute Gasteiger partial charge is 0.259 e. The van der Waals surface area contributed by atoms with Gasteiger partial charge in [-0.15, -0.1) is 0 Å². The highest BCUT2D eigenvalue weighted by atomic mass is 32.2. The molecule has 4 aromatic heterocycles. The maximum atomic E-state index is 14.1. The molecule has 1 fully saturated rings. The lowest BCUT2D eigenvalue weighted by atomic mass is 9.71. The van der Waals surface area contributed by atoms with Crippen LogP contribution in [0.25, 0.3) is 21.9 Å². The minimum absolute atomic E-state index is 0.109. The number of hydrogen-bond acceptors (Lipinski definition) is 7. The number of nitrogens with zero attached hydrogens (tertiary/aromatic N) is 3. The van der Waals surface area contributed by atoms with E-state index in [2.05, 4.69) is 30.1 Å². The van der Waals surface area contributed by atoms with Gasteiger partial charge in [-0.05, 0) is 43.5 Å². The number of aromatic amines is 1. The van der Waals surface area contributed by atoms with E-state index >= 15 is 0 Å². The number of H-pyrrole nitrogens is 1. The maximum absolute atomic E-state index is 14.1. The minimum Gasteiger partial charge on any atom is -0.361 e. The molecule has 0 saturated heterocycles. The number of benzene rings is 1. The van der Waals surface area contributed by atoms with E-state index in [0.717, 1.165) is 54.3 Å².